The van der Waals surface area contributed by atoms with Gasteiger partial charge in [0.2, 0.25) is 5.91 Å². The molecule has 0 radical (unpaired) electrons. The molecule has 0 bridgehead atoms. The number of aromatic nitrogens is 2. The molecule has 1 amide bonds. The molecule has 2 aromatic carbocycles. The Bertz CT molecular complexity index is 1370. The van der Waals surface area contributed by atoms with Crippen LogP contribution in [0.5, 0.6) is 0 Å². The van der Waals surface area contributed by atoms with Gasteiger partial charge in [-0.15, -0.1) is 11.3 Å². The maximum Gasteiger partial charge on any atom is 0.263 e. The zero-order valence-corrected chi connectivity index (χ0v) is 19.5. The molecule has 0 saturated carbocycles. The molecular formula is C26H25FN4O2S. The molecule has 3 heterocycles. The summed E-state index contributed by atoms with van der Waals surface area (Å²) in [6, 6.07) is 14.1. The highest BCUT2D eigenvalue weighted by Crippen LogP contribution is 2.30. The van der Waals surface area contributed by atoms with Crippen molar-refractivity contribution in [1.82, 2.24) is 19.8 Å². The molecule has 0 unspecified atom stereocenters. The molecule has 0 aliphatic carbocycles. The minimum absolute atomic E-state index is 0.116. The molecule has 2 aromatic heterocycles. The molecule has 1 aliphatic heterocycles. The molecule has 1 fully saturated rings. The molecule has 6 nitrogen and oxygen atoms in total. The van der Waals surface area contributed by atoms with E-state index in [-0.39, 0.29) is 23.8 Å². The van der Waals surface area contributed by atoms with Crippen molar-refractivity contribution in [3.8, 4) is 11.1 Å². The van der Waals surface area contributed by atoms with Crippen molar-refractivity contribution in [1.29, 1.82) is 0 Å². The Morgan fingerprint density at radius 3 is 2.56 bits per heavy atom. The molecule has 1 saturated heterocycles. The van der Waals surface area contributed by atoms with Crippen molar-refractivity contribution in [3.05, 3.63) is 87.5 Å². The van der Waals surface area contributed by atoms with Crippen LogP contribution in [-0.4, -0.2) is 33.4 Å². The average molecular weight is 477 g/mol. The number of likely N-dealkylation sites (tertiary alicyclic amines) is 1. The summed E-state index contributed by atoms with van der Waals surface area (Å²) in [5.41, 5.74) is 3.45. The van der Waals surface area contributed by atoms with Crippen LogP contribution in [0.4, 0.5) is 4.39 Å². The predicted molar refractivity (Wildman–Crippen MR) is 132 cm³/mol. The summed E-state index contributed by atoms with van der Waals surface area (Å²) >= 11 is 1.35. The quantitative estimate of drug-likeness (QED) is 0.435. The highest BCUT2D eigenvalue weighted by atomic mass is 32.1. The van der Waals surface area contributed by atoms with Gasteiger partial charge < -0.3 is 5.32 Å². The summed E-state index contributed by atoms with van der Waals surface area (Å²) in [6.45, 7) is 3.40. The lowest BCUT2D eigenvalue weighted by atomic mass is 10.1. The van der Waals surface area contributed by atoms with Crippen molar-refractivity contribution in [2.45, 2.75) is 32.5 Å². The first kappa shape index (κ1) is 22.4. The smallest absolute Gasteiger partial charge is 0.263 e. The zero-order chi connectivity index (χ0) is 23.5. The third-order valence-electron chi connectivity index (χ3n) is 6.22. The van der Waals surface area contributed by atoms with Crippen LogP contribution in [-0.2, 0) is 24.4 Å². The van der Waals surface area contributed by atoms with Crippen LogP contribution < -0.4 is 10.9 Å². The molecule has 1 aliphatic rings. The molecule has 0 spiro atoms. The topological polar surface area (TPSA) is 67.2 Å². The van der Waals surface area contributed by atoms with E-state index in [1.54, 1.807) is 12.1 Å². The number of rotatable bonds is 7. The normalized spacial score (nSPS) is 14.0. The summed E-state index contributed by atoms with van der Waals surface area (Å²) in [6.07, 6.45) is 3.88. The van der Waals surface area contributed by atoms with Gasteiger partial charge >= 0.3 is 0 Å². The number of hydrogen-bond acceptors (Lipinski definition) is 5. The fourth-order valence-corrected chi connectivity index (χ4v) is 5.30. The van der Waals surface area contributed by atoms with E-state index in [0.717, 1.165) is 30.8 Å². The molecule has 0 atom stereocenters. The Balaban J connectivity index is 1.31. The van der Waals surface area contributed by atoms with E-state index in [1.807, 2.05) is 23.6 Å². The summed E-state index contributed by atoms with van der Waals surface area (Å²) < 4.78 is 14.7. The summed E-state index contributed by atoms with van der Waals surface area (Å²) in [7, 11) is 0. The number of fused-ring (bicyclic) bond motifs is 1. The summed E-state index contributed by atoms with van der Waals surface area (Å²) in [5, 5.41) is 5.24. The van der Waals surface area contributed by atoms with E-state index in [0.29, 0.717) is 22.3 Å². The summed E-state index contributed by atoms with van der Waals surface area (Å²) in [5.74, 6) is -0.588. The number of halogens is 1. The van der Waals surface area contributed by atoms with Crippen LogP contribution in [0.1, 0.15) is 24.0 Å². The van der Waals surface area contributed by atoms with Crippen molar-refractivity contribution < 1.29 is 9.18 Å². The van der Waals surface area contributed by atoms with Crippen LogP contribution in [0, 0.1) is 5.82 Å². The second-order valence-electron chi connectivity index (χ2n) is 8.54. The number of thiophene rings is 1. The van der Waals surface area contributed by atoms with Crippen molar-refractivity contribution in [3.63, 3.8) is 0 Å². The minimum Gasteiger partial charge on any atom is -0.350 e. The van der Waals surface area contributed by atoms with E-state index in [2.05, 4.69) is 21.3 Å². The van der Waals surface area contributed by atoms with Crippen LogP contribution in [0.25, 0.3) is 21.3 Å². The van der Waals surface area contributed by atoms with Gasteiger partial charge in [0.15, 0.2) is 0 Å². The second kappa shape index (κ2) is 9.87. The van der Waals surface area contributed by atoms with E-state index in [9.17, 15) is 14.0 Å². The van der Waals surface area contributed by atoms with Crippen LogP contribution in [0.3, 0.4) is 0 Å². The highest BCUT2D eigenvalue weighted by Gasteiger charge is 2.16. The largest absolute Gasteiger partial charge is 0.350 e. The number of nitrogens with zero attached hydrogens (tertiary/aromatic N) is 3. The zero-order valence-electron chi connectivity index (χ0n) is 18.7. The number of nitrogens with one attached hydrogen (secondary N) is 1. The third kappa shape index (κ3) is 4.78. The van der Waals surface area contributed by atoms with Crippen molar-refractivity contribution >= 4 is 27.5 Å². The monoisotopic (exact) mass is 476 g/mol. The number of benzene rings is 2. The Morgan fingerprint density at radius 1 is 1.06 bits per heavy atom. The van der Waals surface area contributed by atoms with Gasteiger partial charge in [-0.05, 0) is 54.8 Å². The molecule has 34 heavy (non-hydrogen) atoms. The van der Waals surface area contributed by atoms with Crippen LogP contribution in [0.15, 0.2) is 65.0 Å². The van der Waals surface area contributed by atoms with E-state index in [1.165, 1.54) is 52.8 Å². The average Bonchev–Trinajstić information content (AvgIpc) is 3.51. The Hall–Kier alpha value is -3.36. The van der Waals surface area contributed by atoms with Gasteiger partial charge in [-0.2, -0.15) is 0 Å². The number of amides is 1. The first-order valence-corrected chi connectivity index (χ1v) is 12.2. The van der Waals surface area contributed by atoms with Gasteiger partial charge in [0.25, 0.3) is 5.56 Å². The first-order valence-electron chi connectivity index (χ1n) is 11.4. The Kier molecular flexibility index (Phi) is 6.51. The second-order valence-corrected chi connectivity index (χ2v) is 9.40. The minimum atomic E-state index is -0.336. The predicted octanol–water partition coefficient (Wildman–Crippen LogP) is 4.18. The first-order chi connectivity index (χ1) is 16.6. The number of carbonyl (C=O) groups excluding carboxylic acids is 1. The van der Waals surface area contributed by atoms with Gasteiger partial charge in [-0.3, -0.25) is 19.1 Å². The summed E-state index contributed by atoms with van der Waals surface area (Å²) in [4.78, 5) is 33.3. The van der Waals surface area contributed by atoms with E-state index >= 15 is 0 Å². The van der Waals surface area contributed by atoms with Crippen molar-refractivity contribution in [2.24, 2.45) is 0 Å². The van der Waals surface area contributed by atoms with E-state index in [4.69, 9.17) is 0 Å². The molecular weight excluding hydrogens is 451 g/mol. The van der Waals surface area contributed by atoms with Crippen molar-refractivity contribution in [2.75, 3.05) is 13.1 Å². The lowest BCUT2D eigenvalue weighted by molar-refractivity contribution is -0.121. The van der Waals surface area contributed by atoms with Gasteiger partial charge in [-0.1, -0.05) is 36.4 Å². The molecule has 5 rings (SSSR count). The molecule has 1 N–H and O–H groups in total. The standard InChI is InChI=1S/C26H25FN4O2S/c27-21-9-7-18(8-10-21)22-16-34-25-24(22)26(33)31(17-29-25)15-23(32)28-13-19-5-1-2-6-20(19)14-30-11-3-4-12-30/h1-2,5-10,16-17H,3-4,11-15H2,(H,28,32). The molecule has 174 valence electrons. The SMILES string of the molecule is O=C(Cn1cnc2scc(-c3ccc(F)cc3)c2c1=O)NCc1ccccc1CN1CCCC1. The lowest BCUT2D eigenvalue weighted by Crippen LogP contribution is -2.32. The maximum absolute atomic E-state index is 13.3. The molecule has 4 aromatic rings. The van der Waals surface area contributed by atoms with Gasteiger partial charge in [-0.25, -0.2) is 9.37 Å². The maximum atomic E-state index is 13.3. The number of hydrogen-bond donors (Lipinski definition) is 1. The highest BCUT2D eigenvalue weighted by molar-refractivity contribution is 7.17. The van der Waals surface area contributed by atoms with Crippen LogP contribution >= 0.6 is 11.3 Å². The lowest BCUT2D eigenvalue weighted by Gasteiger charge is -2.17. The fraction of sp³-hybridized carbons (Fsp3) is 0.269. The van der Waals surface area contributed by atoms with E-state index < -0.39 is 0 Å². The third-order valence-corrected chi connectivity index (χ3v) is 7.10. The Morgan fingerprint density at radius 2 is 1.79 bits per heavy atom. The van der Waals surface area contributed by atoms with Gasteiger partial charge in [0, 0.05) is 24.0 Å². The fourth-order valence-electron chi connectivity index (χ4n) is 4.39. The van der Waals surface area contributed by atoms with Gasteiger partial charge in [0.1, 0.15) is 17.2 Å². The van der Waals surface area contributed by atoms with Gasteiger partial charge in [0.05, 0.1) is 11.7 Å². The molecule has 8 heteroatoms. The Labute approximate surface area is 200 Å². The van der Waals surface area contributed by atoms with Crippen LogP contribution in [0.2, 0.25) is 0 Å². The number of carbonyl (C=O) groups is 1.